The van der Waals surface area contributed by atoms with Crippen molar-refractivity contribution < 1.29 is 4.74 Å². The van der Waals surface area contributed by atoms with E-state index in [0.717, 1.165) is 24.3 Å². The van der Waals surface area contributed by atoms with Gasteiger partial charge in [-0.15, -0.1) is 0 Å². The van der Waals surface area contributed by atoms with Gasteiger partial charge in [0, 0.05) is 6.42 Å². The molecule has 4 nitrogen and oxygen atoms in total. The van der Waals surface area contributed by atoms with E-state index in [2.05, 4.69) is 28.4 Å². The number of nitrogens with one attached hydrogen (secondary N) is 1. The van der Waals surface area contributed by atoms with Crippen molar-refractivity contribution in [3.63, 3.8) is 0 Å². The Morgan fingerprint density at radius 2 is 2.18 bits per heavy atom. The lowest BCUT2D eigenvalue weighted by molar-refractivity contribution is 0.404. The van der Waals surface area contributed by atoms with E-state index < -0.39 is 0 Å². The van der Waals surface area contributed by atoms with E-state index in [-0.39, 0.29) is 0 Å². The van der Waals surface area contributed by atoms with Crippen LogP contribution in [-0.2, 0) is 6.42 Å². The third kappa shape index (κ3) is 2.64. The van der Waals surface area contributed by atoms with Crippen molar-refractivity contribution in [3.05, 3.63) is 41.7 Å². The lowest BCUT2D eigenvalue weighted by Gasteiger charge is -2.17. The number of benzene rings is 1. The molecule has 1 heterocycles. The molecule has 0 fully saturated rings. The van der Waals surface area contributed by atoms with Crippen molar-refractivity contribution in [1.29, 1.82) is 0 Å². The fraction of sp³-hybridized carbons (Fsp3) is 0.385. The van der Waals surface area contributed by atoms with Crippen molar-refractivity contribution in [2.75, 3.05) is 7.11 Å². The minimum atomic E-state index is 0.413. The van der Waals surface area contributed by atoms with E-state index in [1.807, 2.05) is 18.2 Å². The van der Waals surface area contributed by atoms with Crippen LogP contribution in [0.2, 0.25) is 0 Å². The third-order valence-corrected chi connectivity index (χ3v) is 2.99. The van der Waals surface area contributed by atoms with Crippen molar-refractivity contribution in [2.24, 2.45) is 0 Å². The Kier molecular flexibility index (Phi) is 3.75. The van der Waals surface area contributed by atoms with Crippen LogP contribution in [0.4, 0.5) is 0 Å². The monoisotopic (exact) mass is 231 g/mol. The molecule has 0 amide bonds. The van der Waals surface area contributed by atoms with E-state index in [1.54, 1.807) is 13.3 Å². The number of para-hydroxylation sites is 1. The highest BCUT2D eigenvalue weighted by molar-refractivity contribution is 5.36. The number of hydrogen-bond acceptors (Lipinski definition) is 3. The summed E-state index contributed by atoms with van der Waals surface area (Å²) in [6.45, 7) is 2.18. The minimum Gasteiger partial charge on any atom is -0.496 e. The van der Waals surface area contributed by atoms with Crippen molar-refractivity contribution >= 4 is 0 Å². The van der Waals surface area contributed by atoms with Crippen LogP contribution in [0.3, 0.4) is 0 Å². The second-order valence-corrected chi connectivity index (χ2v) is 4.01. The fourth-order valence-electron chi connectivity index (χ4n) is 2.05. The van der Waals surface area contributed by atoms with Gasteiger partial charge in [-0.3, -0.25) is 0 Å². The first kappa shape index (κ1) is 11.6. The fourth-order valence-corrected chi connectivity index (χ4v) is 2.05. The average molecular weight is 231 g/mol. The van der Waals surface area contributed by atoms with Crippen LogP contribution in [0.5, 0.6) is 5.75 Å². The average Bonchev–Trinajstić information content (AvgIpc) is 2.89. The maximum absolute atomic E-state index is 5.40. The molecule has 1 atom stereocenters. The maximum atomic E-state index is 5.40. The number of ether oxygens (including phenoxy) is 1. The third-order valence-electron chi connectivity index (χ3n) is 2.99. The molecule has 0 saturated carbocycles. The molecule has 1 aromatic heterocycles. The molecule has 1 aromatic carbocycles. The molecule has 1 unspecified atom stereocenters. The number of aromatic nitrogens is 3. The summed E-state index contributed by atoms with van der Waals surface area (Å²) in [6.07, 6.45) is 3.71. The Balaban J connectivity index is 2.22. The first-order chi connectivity index (χ1) is 8.35. The molecule has 2 rings (SSSR count). The summed E-state index contributed by atoms with van der Waals surface area (Å²) in [5.41, 5.74) is 2.23. The largest absolute Gasteiger partial charge is 0.496 e. The SMILES string of the molecule is CCC(Cc1cn[nH]n1)c1ccccc1OC. The van der Waals surface area contributed by atoms with E-state index in [4.69, 9.17) is 4.74 Å². The molecule has 0 radical (unpaired) electrons. The van der Waals surface area contributed by atoms with Crippen LogP contribution in [0.1, 0.15) is 30.5 Å². The summed E-state index contributed by atoms with van der Waals surface area (Å²) in [4.78, 5) is 0. The zero-order valence-corrected chi connectivity index (χ0v) is 10.2. The Bertz CT molecular complexity index is 453. The molecular weight excluding hydrogens is 214 g/mol. The highest BCUT2D eigenvalue weighted by atomic mass is 16.5. The standard InChI is InChI=1S/C13H17N3O/c1-3-10(8-11-9-14-16-15-11)12-6-4-5-7-13(12)17-2/h4-7,9-10H,3,8H2,1-2H3,(H,14,15,16). The molecule has 2 aromatic rings. The zero-order valence-electron chi connectivity index (χ0n) is 10.2. The highest BCUT2D eigenvalue weighted by Crippen LogP contribution is 2.30. The van der Waals surface area contributed by atoms with Gasteiger partial charge in [0.05, 0.1) is 19.0 Å². The second kappa shape index (κ2) is 5.48. The molecule has 90 valence electrons. The van der Waals surface area contributed by atoms with Gasteiger partial charge in [0.1, 0.15) is 5.75 Å². The molecular formula is C13H17N3O. The van der Waals surface area contributed by atoms with E-state index >= 15 is 0 Å². The van der Waals surface area contributed by atoms with Crippen molar-refractivity contribution in [1.82, 2.24) is 15.4 Å². The van der Waals surface area contributed by atoms with Gasteiger partial charge in [0.25, 0.3) is 0 Å². The summed E-state index contributed by atoms with van der Waals surface area (Å²) < 4.78 is 5.40. The lowest BCUT2D eigenvalue weighted by atomic mass is 9.91. The molecule has 0 saturated heterocycles. The molecule has 1 N–H and O–H groups in total. The quantitative estimate of drug-likeness (QED) is 0.860. The van der Waals surface area contributed by atoms with Crippen molar-refractivity contribution in [3.8, 4) is 5.75 Å². The van der Waals surface area contributed by atoms with Crippen molar-refractivity contribution in [2.45, 2.75) is 25.7 Å². The predicted molar refractivity (Wildman–Crippen MR) is 66.1 cm³/mol. The number of methoxy groups -OCH3 is 1. The summed E-state index contributed by atoms with van der Waals surface area (Å²) in [6, 6.07) is 8.16. The minimum absolute atomic E-state index is 0.413. The normalized spacial score (nSPS) is 12.4. The number of nitrogens with zero attached hydrogens (tertiary/aromatic N) is 2. The van der Waals surface area contributed by atoms with Gasteiger partial charge in [0.2, 0.25) is 0 Å². The van der Waals surface area contributed by atoms with Gasteiger partial charge in [-0.2, -0.15) is 15.4 Å². The van der Waals surface area contributed by atoms with E-state index in [0.29, 0.717) is 5.92 Å². The Hall–Kier alpha value is -1.84. The summed E-state index contributed by atoms with van der Waals surface area (Å²) >= 11 is 0. The van der Waals surface area contributed by atoms with Gasteiger partial charge in [-0.25, -0.2) is 0 Å². The van der Waals surface area contributed by atoms with Gasteiger partial charge >= 0.3 is 0 Å². The van der Waals surface area contributed by atoms with E-state index in [1.165, 1.54) is 5.56 Å². The maximum Gasteiger partial charge on any atom is 0.122 e. The molecule has 0 aliphatic rings. The first-order valence-corrected chi connectivity index (χ1v) is 5.82. The number of hydrogen-bond donors (Lipinski definition) is 1. The molecule has 0 bridgehead atoms. The summed E-state index contributed by atoms with van der Waals surface area (Å²) in [5.74, 6) is 1.36. The smallest absolute Gasteiger partial charge is 0.122 e. The van der Waals surface area contributed by atoms with Crippen LogP contribution in [0, 0.1) is 0 Å². The van der Waals surface area contributed by atoms with Gasteiger partial charge in [-0.05, 0) is 24.0 Å². The van der Waals surface area contributed by atoms with E-state index in [9.17, 15) is 0 Å². The second-order valence-electron chi connectivity index (χ2n) is 4.01. The van der Waals surface area contributed by atoms with Gasteiger partial charge < -0.3 is 4.74 Å². The lowest BCUT2D eigenvalue weighted by Crippen LogP contribution is -2.04. The van der Waals surface area contributed by atoms with Crippen LogP contribution < -0.4 is 4.74 Å². The Labute approximate surface area is 101 Å². The van der Waals surface area contributed by atoms with Crippen LogP contribution >= 0.6 is 0 Å². The topological polar surface area (TPSA) is 50.8 Å². The highest BCUT2D eigenvalue weighted by Gasteiger charge is 2.15. The van der Waals surface area contributed by atoms with Crippen LogP contribution in [0.15, 0.2) is 30.5 Å². The number of rotatable bonds is 5. The molecule has 0 aliphatic carbocycles. The number of aromatic amines is 1. The van der Waals surface area contributed by atoms with Gasteiger partial charge in [-0.1, -0.05) is 25.1 Å². The Morgan fingerprint density at radius 3 is 2.82 bits per heavy atom. The molecule has 0 aliphatic heterocycles. The summed E-state index contributed by atoms with van der Waals surface area (Å²) in [5, 5.41) is 10.6. The zero-order chi connectivity index (χ0) is 12.1. The Morgan fingerprint density at radius 1 is 1.35 bits per heavy atom. The molecule has 17 heavy (non-hydrogen) atoms. The first-order valence-electron chi connectivity index (χ1n) is 5.82. The predicted octanol–water partition coefficient (Wildman–Crippen LogP) is 2.55. The van der Waals surface area contributed by atoms with Crippen LogP contribution in [0.25, 0.3) is 0 Å². The molecule has 0 spiro atoms. The molecule has 4 heteroatoms. The summed E-state index contributed by atoms with van der Waals surface area (Å²) in [7, 11) is 1.71. The van der Waals surface area contributed by atoms with Crippen LogP contribution in [-0.4, -0.2) is 22.5 Å². The number of H-pyrrole nitrogens is 1. The van der Waals surface area contributed by atoms with Gasteiger partial charge in [0.15, 0.2) is 0 Å².